The molecule has 2 aromatic carbocycles. The Labute approximate surface area is 256 Å². The predicted molar refractivity (Wildman–Crippen MR) is 170 cm³/mol. The highest BCUT2D eigenvalue weighted by Gasteiger charge is 2.24. The van der Waals surface area contributed by atoms with Gasteiger partial charge >= 0.3 is 5.97 Å². The molecule has 3 rings (SSSR count). The minimum atomic E-state index is -3.39. The van der Waals surface area contributed by atoms with Crippen LogP contribution in [0.15, 0.2) is 48.7 Å². The van der Waals surface area contributed by atoms with E-state index in [1.54, 1.807) is 35.2 Å². The molecule has 1 heterocycles. The third-order valence-corrected chi connectivity index (χ3v) is 9.41. The van der Waals surface area contributed by atoms with Crippen molar-refractivity contribution in [2.24, 2.45) is 0 Å². The van der Waals surface area contributed by atoms with Crippen LogP contribution < -0.4 is 5.32 Å². The Hall–Kier alpha value is -2.77. The molecule has 0 unspecified atom stereocenters. The van der Waals surface area contributed by atoms with Crippen LogP contribution in [0, 0.1) is 6.92 Å². The van der Waals surface area contributed by atoms with Crippen molar-refractivity contribution in [1.82, 2.24) is 15.2 Å². The number of ether oxygens (including phenoxy) is 1. The van der Waals surface area contributed by atoms with Crippen LogP contribution in [0.3, 0.4) is 0 Å². The highest BCUT2D eigenvalue weighted by Crippen LogP contribution is 2.31. The first-order valence-electron chi connectivity index (χ1n) is 13.6. The maximum absolute atomic E-state index is 13.4. The van der Waals surface area contributed by atoms with Crippen LogP contribution in [0.25, 0.3) is 11.1 Å². The van der Waals surface area contributed by atoms with E-state index in [1.807, 2.05) is 57.5 Å². The third kappa shape index (κ3) is 10.2. The van der Waals surface area contributed by atoms with E-state index in [0.29, 0.717) is 17.7 Å². The van der Waals surface area contributed by atoms with Gasteiger partial charge in [-0.05, 0) is 67.6 Å². The lowest BCUT2D eigenvalue weighted by Gasteiger charge is -2.19. The van der Waals surface area contributed by atoms with Gasteiger partial charge in [0.15, 0.2) is 0 Å². The van der Waals surface area contributed by atoms with Crippen LogP contribution in [0.2, 0.25) is 0 Å². The lowest BCUT2D eigenvalue weighted by atomic mass is 9.93. The number of carbonyl (C=O) groups is 2. The van der Waals surface area contributed by atoms with Crippen molar-refractivity contribution in [3.05, 3.63) is 75.2 Å². The molecule has 0 saturated carbocycles. The molecule has 0 aliphatic carbocycles. The number of aromatic nitrogens is 1. The molecule has 9 nitrogen and oxygen atoms in total. The number of carbonyl (C=O) groups excluding carboxylic acids is 1. The lowest BCUT2D eigenvalue weighted by Crippen LogP contribution is -2.42. The minimum Gasteiger partial charge on any atom is -0.480 e. The summed E-state index contributed by atoms with van der Waals surface area (Å²) < 4.78 is 29.6. The number of rotatable bonds is 16. The molecule has 1 aromatic heterocycles. The first-order chi connectivity index (χ1) is 19.9. The van der Waals surface area contributed by atoms with Crippen LogP contribution in [0.5, 0.6) is 0 Å². The number of sulfone groups is 1. The van der Waals surface area contributed by atoms with E-state index >= 15 is 0 Å². The molecule has 0 saturated heterocycles. The largest absolute Gasteiger partial charge is 0.480 e. The van der Waals surface area contributed by atoms with Gasteiger partial charge in [0.1, 0.15) is 27.0 Å². The molecule has 2 N–H and O–H groups in total. The quantitative estimate of drug-likeness (QED) is 0.229. The number of hydrogen-bond donors (Lipinski definition) is 2. The highest BCUT2D eigenvalue weighted by molar-refractivity contribution is 7.99. The number of nitrogens with zero attached hydrogens (tertiary/aromatic N) is 2. The fourth-order valence-electron chi connectivity index (χ4n) is 4.25. The van der Waals surface area contributed by atoms with E-state index in [9.17, 15) is 23.1 Å². The number of carboxylic acids is 1. The molecule has 228 valence electrons. The predicted octanol–water partition coefficient (Wildman–Crippen LogP) is 4.81. The molecule has 12 heteroatoms. The summed E-state index contributed by atoms with van der Waals surface area (Å²) in [5.41, 5.74) is 3.59. The molecule has 0 fully saturated rings. The van der Waals surface area contributed by atoms with Crippen LogP contribution >= 0.6 is 23.1 Å². The number of thioether (sulfide) groups is 1. The zero-order valence-corrected chi connectivity index (χ0v) is 27.1. The van der Waals surface area contributed by atoms with Gasteiger partial charge < -0.3 is 20.1 Å². The van der Waals surface area contributed by atoms with Crippen molar-refractivity contribution in [3.8, 4) is 11.1 Å². The van der Waals surface area contributed by atoms with Crippen molar-refractivity contribution >= 4 is 44.8 Å². The van der Waals surface area contributed by atoms with Gasteiger partial charge in [-0.2, -0.15) is 11.8 Å². The molecule has 42 heavy (non-hydrogen) atoms. The smallest absolute Gasteiger partial charge is 0.326 e. The summed E-state index contributed by atoms with van der Waals surface area (Å²) in [6, 6.07) is 11.7. The van der Waals surface area contributed by atoms with Crippen molar-refractivity contribution < 1.29 is 27.9 Å². The lowest BCUT2D eigenvalue weighted by molar-refractivity contribution is -0.139. The molecule has 0 aliphatic rings. The monoisotopic (exact) mass is 633 g/mol. The number of amides is 1. The standard InChI is InChI=1S/C30H39N3O6S3/c1-6-40-19-26(27-16-31-28(41-27)17-33(3)4)39-18-21-11-12-23(24(15-21)22-10-8-7-9-20(22)2)29(34)32-25(30(35)36)13-14-42(5,37)38/h7-12,15-16,25-26H,6,13-14,17-19H2,1-5H3,(H,32,34)(H,35,36)/t25-,26+/m0/s1. The van der Waals surface area contributed by atoms with Crippen molar-refractivity contribution in [2.75, 3.05) is 37.6 Å². The Morgan fingerprint density at radius 3 is 2.55 bits per heavy atom. The highest BCUT2D eigenvalue weighted by atomic mass is 32.2. The summed E-state index contributed by atoms with van der Waals surface area (Å²) in [5.74, 6) is -0.473. The molecule has 0 bridgehead atoms. The van der Waals surface area contributed by atoms with Gasteiger partial charge in [0.25, 0.3) is 5.91 Å². The number of carboxylic acid groups (broad SMARTS) is 1. The second-order valence-corrected chi connectivity index (χ2v) is 15.1. The summed E-state index contributed by atoms with van der Waals surface area (Å²) in [4.78, 5) is 32.9. The van der Waals surface area contributed by atoms with E-state index in [0.717, 1.165) is 50.9 Å². The first-order valence-corrected chi connectivity index (χ1v) is 17.6. The molecule has 0 spiro atoms. The van der Waals surface area contributed by atoms with Gasteiger partial charge in [-0.3, -0.25) is 4.79 Å². The summed E-state index contributed by atoms with van der Waals surface area (Å²) in [6.45, 7) is 5.13. The third-order valence-electron chi connectivity index (χ3n) is 6.41. The van der Waals surface area contributed by atoms with Crippen molar-refractivity contribution in [3.63, 3.8) is 0 Å². The Morgan fingerprint density at radius 1 is 1.17 bits per heavy atom. The van der Waals surface area contributed by atoms with Gasteiger partial charge in [-0.25, -0.2) is 18.2 Å². The molecular formula is C30H39N3O6S3. The summed E-state index contributed by atoms with van der Waals surface area (Å²) in [5, 5.41) is 13.2. The van der Waals surface area contributed by atoms with E-state index in [2.05, 4.69) is 22.1 Å². The van der Waals surface area contributed by atoms with Gasteiger partial charge in [-0.15, -0.1) is 11.3 Å². The van der Waals surface area contributed by atoms with Crippen molar-refractivity contribution in [1.29, 1.82) is 0 Å². The first kappa shape index (κ1) is 33.7. The Bertz CT molecular complexity index is 1470. The Morgan fingerprint density at radius 2 is 1.90 bits per heavy atom. The van der Waals surface area contributed by atoms with Crippen LogP contribution in [0.4, 0.5) is 0 Å². The number of hydrogen-bond acceptors (Lipinski definition) is 9. The Balaban J connectivity index is 1.89. The van der Waals surface area contributed by atoms with Crippen molar-refractivity contribution in [2.45, 2.75) is 45.6 Å². The zero-order chi connectivity index (χ0) is 30.9. The molecule has 1 amide bonds. The van der Waals surface area contributed by atoms with Gasteiger partial charge in [0.2, 0.25) is 0 Å². The number of benzene rings is 2. The topological polar surface area (TPSA) is 126 Å². The molecule has 3 aromatic rings. The fraction of sp³-hybridized carbons (Fsp3) is 0.433. The summed E-state index contributed by atoms with van der Waals surface area (Å²) >= 11 is 3.44. The number of nitrogens with one attached hydrogen (secondary N) is 1. The van der Waals surface area contributed by atoms with Crippen LogP contribution in [-0.2, 0) is 32.5 Å². The fourth-order valence-corrected chi connectivity index (χ4v) is 6.84. The second kappa shape index (κ2) is 15.6. The average Bonchev–Trinajstić information content (AvgIpc) is 3.38. The molecule has 0 aliphatic heterocycles. The van der Waals surface area contributed by atoms with E-state index in [1.165, 1.54) is 0 Å². The normalized spacial score (nSPS) is 13.2. The number of aliphatic carboxylic acids is 1. The van der Waals surface area contributed by atoms with E-state index < -0.39 is 27.8 Å². The SMILES string of the molecule is CCSC[C@@H](OCc1ccc(C(=O)N[C@@H](CCS(C)(=O)=O)C(=O)O)c(-c2ccccc2C)c1)c1cnc(CN(C)C)s1. The number of aryl methyl sites for hydroxylation is 1. The van der Waals surface area contributed by atoms with E-state index in [4.69, 9.17) is 4.74 Å². The maximum Gasteiger partial charge on any atom is 0.326 e. The zero-order valence-electron chi connectivity index (χ0n) is 24.6. The molecule has 0 radical (unpaired) electrons. The van der Waals surface area contributed by atoms with Gasteiger partial charge in [0.05, 0.1) is 17.2 Å². The van der Waals surface area contributed by atoms with Gasteiger partial charge in [0, 0.05) is 30.3 Å². The maximum atomic E-state index is 13.4. The summed E-state index contributed by atoms with van der Waals surface area (Å²) in [6.07, 6.45) is 2.56. The van der Waals surface area contributed by atoms with Crippen LogP contribution in [-0.4, -0.2) is 78.9 Å². The molecule has 2 atom stereocenters. The Kier molecular flexibility index (Phi) is 12.6. The second-order valence-electron chi connectivity index (χ2n) is 10.3. The van der Waals surface area contributed by atoms with Gasteiger partial charge in [-0.1, -0.05) is 37.3 Å². The summed E-state index contributed by atoms with van der Waals surface area (Å²) in [7, 11) is 0.624. The minimum absolute atomic E-state index is 0.139. The average molecular weight is 634 g/mol. The van der Waals surface area contributed by atoms with E-state index in [-0.39, 0.29) is 18.3 Å². The van der Waals surface area contributed by atoms with Crippen LogP contribution in [0.1, 0.15) is 50.8 Å². The number of thiazole rings is 1. The molecular weight excluding hydrogens is 595 g/mol.